The standard InChI is InChI=1S/C12H20N2OS/c1-9(2)12(15)14-6-5-13-10(3)11-4-7-16-8-11/h4,7-10,13H,5-6H2,1-3H3,(H,14,15). The highest BCUT2D eigenvalue weighted by molar-refractivity contribution is 7.07. The van der Waals surface area contributed by atoms with E-state index in [1.54, 1.807) is 11.3 Å². The van der Waals surface area contributed by atoms with E-state index in [-0.39, 0.29) is 11.8 Å². The van der Waals surface area contributed by atoms with Gasteiger partial charge in [-0.15, -0.1) is 0 Å². The molecule has 0 spiro atoms. The SMILES string of the molecule is CC(C)C(=O)NCCNC(C)c1ccsc1. The molecule has 1 aromatic heterocycles. The molecular weight excluding hydrogens is 220 g/mol. The average Bonchev–Trinajstić information content (AvgIpc) is 2.76. The van der Waals surface area contributed by atoms with Crippen LogP contribution in [0.4, 0.5) is 0 Å². The molecule has 1 rings (SSSR count). The Balaban J connectivity index is 2.14. The number of hydrogen-bond donors (Lipinski definition) is 2. The molecule has 1 unspecified atom stereocenters. The summed E-state index contributed by atoms with van der Waals surface area (Å²) in [6.45, 7) is 7.42. The molecule has 1 amide bonds. The van der Waals surface area contributed by atoms with E-state index < -0.39 is 0 Å². The van der Waals surface area contributed by atoms with Gasteiger partial charge in [-0.1, -0.05) is 13.8 Å². The maximum Gasteiger partial charge on any atom is 0.222 e. The molecule has 0 saturated carbocycles. The highest BCUT2D eigenvalue weighted by Gasteiger charge is 2.06. The van der Waals surface area contributed by atoms with E-state index in [9.17, 15) is 4.79 Å². The van der Waals surface area contributed by atoms with Crippen molar-refractivity contribution in [2.24, 2.45) is 5.92 Å². The average molecular weight is 240 g/mol. The van der Waals surface area contributed by atoms with Crippen LogP contribution in [0.1, 0.15) is 32.4 Å². The zero-order chi connectivity index (χ0) is 12.0. The Bertz CT molecular complexity index is 309. The molecule has 90 valence electrons. The van der Waals surface area contributed by atoms with Crippen molar-refractivity contribution in [1.29, 1.82) is 0 Å². The molecule has 0 radical (unpaired) electrons. The van der Waals surface area contributed by atoms with Gasteiger partial charge in [-0.3, -0.25) is 4.79 Å². The molecule has 0 bridgehead atoms. The molecule has 1 atom stereocenters. The summed E-state index contributed by atoms with van der Waals surface area (Å²) >= 11 is 1.71. The molecule has 0 aliphatic carbocycles. The van der Waals surface area contributed by atoms with E-state index in [2.05, 4.69) is 34.4 Å². The van der Waals surface area contributed by atoms with Crippen molar-refractivity contribution in [3.63, 3.8) is 0 Å². The van der Waals surface area contributed by atoms with Crippen LogP contribution in [0, 0.1) is 5.92 Å². The maximum absolute atomic E-state index is 11.3. The fourth-order valence-corrected chi connectivity index (χ4v) is 2.07. The van der Waals surface area contributed by atoms with Gasteiger partial charge in [0.15, 0.2) is 0 Å². The van der Waals surface area contributed by atoms with Gasteiger partial charge in [-0.05, 0) is 29.3 Å². The molecule has 3 nitrogen and oxygen atoms in total. The predicted octanol–water partition coefficient (Wildman–Crippen LogP) is 2.17. The summed E-state index contributed by atoms with van der Waals surface area (Å²) in [6.07, 6.45) is 0. The second-order valence-electron chi connectivity index (χ2n) is 4.18. The monoisotopic (exact) mass is 240 g/mol. The Kier molecular flexibility index (Phi) is 5.49. The zero-order valence-electron chi connectivity index (χ0n) is 10.1. The Morgan fingerprint density at radius 3 is 2.69 bits per heavy atom. The molecule has 0 aliphatic heterocycles. The van der Waals surface area contributed by atoms with Gasteiger partial charge in [-0.25, -0.2) is 0 Å². The summed E-state index contributed by atoms with van der Waals surface area (Å²) in [5.74, 6) is 0.180. The lowest BCUT2D eigenvalue weighted by atomic mass is 10.2. The molecule has 2 N–H and O–H groups in total. The van der Waals surface area contributed by atoms with Gasteiger partial charge in [0.25, 0.3) is 0 Å². The first-order valence-corrected chi connectivity index (χ1v) is 6.58. The van der Waals surface area contributed by atoms with Gasteiger partial charge < -0.3 is 10.6 Å². The minimum absolute atomic E-state index is 0.0642. The van der Waals surface area contributed by atoms with Crippen molar-refractivity contribution in [3.8, 4) is 0 Å². The summed E-state index contributed by atoms with van der Waals surface area (Å²) in [5.41, 5.74) is 1.31. The predicted molar refractivity (Wildman–Crippen MR) is 68.6 cm³/mol. The highest BCUT2D eigenvalue weighted by atomic mass is 32.1. The third-order valence-electron chi connectivity index (χ3n) is 2.44. The fraction of sp³-hybridized carbons (Fsp3) is 0.583. The Morgan fingerprint density at radius 2 is 2.12 bits per heavy atom. The van der Waals surface area contributed by atoms with Crippen LogP contribution in [0.15, 0.2) is 16.8 Å². The van der Waals surface area contributed by atoms with Crippen LogP contribution >= 0.6 is 11.3 Å². The summed E-state index contributed by atoms with van der Waals surface area (Å²) in [7, 11) is 0. The van der Waals surface area contributed by atoms with E-state index in [0.717, 1.165) is 6.54 Å². The van der Waals surface area contributed by atoms with Crippen LogP contribution in [0.3, 0.4) is 0 Å². The second kappa shape index (κ2) is 6.66. The fourth-order valence-electron chi connectivity index (χ4n) is 1.32. The van der Waals surface area contributed by atoms with E-state index in [4.69, 9.17) is 0 Å². The Hall–Kier alpha value is -0.870. The molecule has 1 heterocycles. The Labute approximate surface area is 101 Å². The minimum Gasteiger partial charge on any atom is -0.355 e. The van der Waals surface area contributed by atoms with Crippen molar-refractivity contribution >= 4 is 17.2 Å². The molecule has 0 fully saturated rings. The number of amides is 1. The molecule has 1 aromatic rings. The Morgan fingerprint density at radius 1 is 1.38 bits per heavy atom. The van der Waals surface area contributed by atoms with Gasteiger partial charge in [0.05, 0.1) is 0 Å². The lowest BCUT2D eigenvalue weighted by Crippen LogP contribution is -2.34. The summed E-state index contributed by atoms with van der Waals surface area (Å²) in [5, 5.41) is 10.5. The van der Waals surface area contributed by atoms with E-state index in [1.165, 1.54) is 5.56 Å². The van der Waals surface area contributed by atoms with E-state index >= 15 is 0 Å². The van der Waals surface area contributed by atoms with Crippen molar-refractivity contribution in [3.05, 3.63) is 22.4 Å². The quantitative estimate of drug-likeness (QED) is 0.748. The highest BCUT2D eigenvalue weighted by Crippen LogP contribution is 2.14. The van der Waals surface area contributed by atoms with Gasteiger partial charge in [0.1, 0.15) is 0 Å². The van der Waals surface area contributed by atoms with Crippen LogP contribution in [-0.4, -0.2) is 19.0 Å². The zero-order valence-corrected chi connectivity index (χ0v) is 10.9. The topological polar surface area (TPSA) is 41.1 Å². The largest absolute Gasteiger partial charge is 0.355 e. The van der Waals surface area contributed by atoms with Gasteiger partial charge in [0, 0.05) is 25.0 Å². The van der Waals surface area contributed by atoms with Crippen molar-refractivity contribution < 1.29 is 4.79 Å². The summed E-state index contributed by atoms with van der Waals surface area (Å²) in [4.78, 5) is 11.3. The van der Waals surface area contributed by atoms with Crippen LogP contribution in [0.2, 0.25) is 0 Å². The smallest absolute Gasteiger partial charge is 0.222 e. The van der Waals surface area contributed by atoms with Gasteiger partial charge in [0.2, 0.25) is 5.91 Å². The van der Waals surface area contributed by atoms with Crippen LogP contribution in [0.25, 0.3) is 0 Å². The first-order valence-electron chi connectivity index (χ1n) is 5.64. The van der Waals surface area contributed by atoms with Crippen LogP contribution < -0.4 is 10.6 Å². The lowest BCUT2D eigenvalue weighted by molar-refractivity contribution is -0.123. The van der Waals surface area contributed by atoms with Crippen LogP contribution in [0.5, 0.6) is 0 Å². The van der Waals surface area contributed by atoms with Crippen molar-refractivity contribution in [1.82, 2.24) is 10.6 Å². The molecule has 0 saturated heterocycles. The number of rotatable bonds is 6. The molecule has 4 heteroatoms. The number of carbonyl (C=O) groups is 1. The van der Waals surface area contributed by atoms with Gasteiger partial charge in [-0.2, -0.15) is 11.3 Å². The summed E-state index contributed by atoms with van der Waals surface area (Å²) in [6, 6.07) is 2.47. The van der Waals surface area contributed by atoms with E-state index in [1.807, 2.05) is 13.8 Å². The lowest BCUT2D eigenvalue weighted by Gasteiger charge is -2.13. The minimum atomic E-state index is 0.0642. The third-order valence-corrected chi connectivity index (χ3v) is 3.14. The number of nitrogens with one attached hydrogen (secondary N) is 2. The van der Waals surface area contributed by atoms with Crippen molar-refractivity contribution in [2.45, 2.75) is 26.8 Å². The van der Waals surface area contributed by atoms with E-state index in [0.29, 0.717) is 12.6 Å². The first kappa shape index (κ1) is 13.2. The molecule has 0 aliphatic rings. The summed E-state index contributed by atoms with van der Waals surface area (Å²) < 4.78 is 0. The molecule has 0 aromatic carbocycles. The van der Waals surface area contributed by atoms with Crippen molar-refractivity contribution in [2.75, 3.05) is 13.1 Å². The third kappa shape index (κ3) is 4.33. The number of thiophene rings is 1. The first-order chi connectivity index (χ1) is 7.61. The van der Waals surface area contributed by atoms with Crippen LogP contribution in [-0.2, 0) is 4.79 Å². The number of hydrogen-bond acceptors (Lipinski definition) is 3. The maximum atomic E-state index is 11.3. The second-order valence-corrected chi connectivity index (χ2v) is 4.96. The molecular formula is C12H20N2OS. The normalized spacial score (nSPS) is 12.8. The number of carbonyl (C=O) groups excluding carboxylic acids is 1. The molecule has 16 heavy (non-hydrogen) atoms. The van der Waals surface area contributed by atoms with Gasteiger partial charge >= 0.3 is 0 Å².